The first-order chi connectivity index (χ1) is 7.36. The van der Waals surface area contributed by atoms with E-state index in [-0.39, 0.29) is 0 Å². The topological polar surface area (TPSA) is 24.7 Å². The lowest BCUT2D eigenvalue weighted by Crippen LogP contribution is -1.98. The van der Waals surface area contributed by atoms with Gasteiger partial charge >= 0.3 is 0 Å². The van der Waals surface area contributed by atoms with Crippen LogP contribution in [0.2, 0.25) is 0 Å². The largest absolute Gasteiger partial charge is 0.292 e. The molecule has 0 unspecified atom stereocenters. The molecule has 1 heterocycles. The van der Waals surface area contributed by atoms with Gasteiger partial charge in [-0.15, -0.1) is 0 Å². The molecule has 0 aromatic heterocycles. The van der Waals surface area contributed by atoms with Crippen molar-refractivity contribution in [1.82, 2.24) is 0 Å². The Hall–Kier alpha value is -0.960. The molecule has 0 saturated heterocycles. The van der Waals surface area contributed by atoms with Crippen molar-refractivity contribution in [3.8, 4) is 0 Å². The molecule has 0 atom stereocenters. The summed E-state index contributed by atoms with van der Waals surface area (Å²) in [5.74, 6) is 0. The third-order valence-corrected chi connectivity index (χ3v) is 3.09. The molecular weight excluding hydrogens is 252 g/mol. The van der Waals surface area contributed by atoms with Gasteiger partial charge in [0.25, 0.3) is 0 Å². The molecule has 0 bridgehead atoms. The number of benzene rings is 1. The molecule has 1 aliphatic rings. The van der Waals surface area contributed by atoms with Crippen LogP contribution in [0.5, 0.6) is 0 Å². The van der Waals surface area contributed by atoms with Gasteiger partial charge in [-0.3, -0.25) is 9.98 Å². The zero-order valence-corrected chi connectivity index (χ0v) is 10.1. The second-order valence-electron chi connectivity index (χ2n) is 3.54. The Balaban J connectivity index is 1.96. The van der Waals surface area contributed by atoms with E-state index in [9.17, 15) is 0 Å². The third kappa shape index (κ3) is 2.99. The maximum absolute atomic E-state index is 4.40. The molecule has 0 saturated carbocycles. The minimum atomic E-state index is 0.751. The average Bonchev–Trinajstić information content (AvgIpc) is 2.74. The van der Waals surface area contributed by atoms with Crippen LogP contribution in [0.3, 0.4) is 0 Å². The fourth-order valence-electron chi connectivity index (χ4n) is 1.56. The number of aliphatic imine (C=N–C) groups is 2. The predicted molar refractivity (Wildman–Crippen MR) is 68.1 cm³/mol. The van der Waals surface area contributed by atoms with Gasteiger partial charge in [-0.2, -0.15) is 0 Å². The molecule has 3 heteroatoms. The van der Waals surface area contributed by atoms with Gasteiger partial charge in [-0.25, -0.2) is 0 Å². The molecular formula is C12H13BrN2. The van der Waals surface area contributed by atoms with Gasteiger partial charge in [0.2, 0.25) is 0 Å². The second kappa shape index (κ2) is 5.21. The molecule has 2 nitrogen and oxygen atoms in total. The van der Waals surface area contributed by atoms with Crippen molar-refractivity contribution >= 4 is 27.9 Å². The quantitative estimate of drug-likeness (QED) is 0.750. The normalized spacial score (nSPS) is 15.9. The standard InChI is InChI=1S/C12H13BrN2/c13-12-6-2-1-4-10(12)8-14-9-11-5-3-7-15-11/h1-2,4,6,8H,3,5,7,9H2. The summed E-state index contributed by atoms with van der Waals surface area (Å²) in [6.07, 6.45) is 4.22. The summed E-state index contributed by atoms with van der Waals surface area (Å²) < 4.78 is 1.09. The zero-order valence-electron chi connectivity index (χ0n) is 8.49. The van der Waals surface area contributed by atoms with Crippen molar-refractivity contribution in [3.63, 3.8) is 0 Å². The Labute approximate surface area is 98.3 Å². The highest BCUT2D eigenvalue weighted by molar-refractivity contribution is 9.10. The maximum Gasteiger partial charge on any atom is 0.0768 e. The molecule has 78 valence electrons. The molecule has 0 fully saturated rings. The van der Waals surface area contributed by atoms with Crippen LogP contribution in [0.15, 0.2) is 38.7 Å². The Morgan fingerprint density at radius 1 is 1.40 bits per heavy atom. The number of nitrogens with zero attached hydrogens (tertiary/aromatic N) is 2. The van der Waals surface area contributed by atoms with Gasteiger partial charge in [0.05, 0.1) is 6.54 Å². The summed E-state index contributed by atoms with van der Waals surface area (Å²) in [6.45, 7) is 1.74. The summed E-state index contributed by atoms with van der Waals surface area (Å²) in [5.41, 5.74) is 2.36. The van der Waals surface area contributed by atoms with Crippen LogP contribution in [0.4, 0.5) is 0 Å². The third-order valence-electron chi connectivity index (χ3n) is 2.37. The van der Waals surface area contributed by atoms with Crippen LogP contribution in [0, 0.1) is 0 Å². The highest BCUT2D eigenvalue weighted by Crippen LogP contribution is 2.13. The fraction of sp³-hybridized carbons (Fsp3) is 0.333. The van der Waals surface area contributed by atoms with Crippen molar-refractivity contribution in [2.24, 2.45) is 9.98 Å². The summed E-state index contributed by atoms with van der Waals surface area (Å²) in [7, 11) is 0. The molecule has 0 spiro atoms. The van der Waals surface area contributed by atoms with E-state index in [2.05, 4.69) is 25.9 Å². The van der Waals surface area contributed by atoms with Gasteiger partial charge in [-0.1, -0.05) is 34.1 Å². The van der Waals surface area contributed by atoms with Crippen molar-refractivity contribution in [3.05, 3.63) is 34.3 Å². The highest BCUT2D eigenvalue weighted by Gasteiger charge is 2.03. The maximum atomic E-state index is 4.40. The van der Waals surface area contributed by atoms with Crippen molar-refractivity contribution in [2.45, 2.75) is 12.8 Å². The minimum absolute atomic E-state index is 0.751. The van der Waals surface area contributed by atoms with Crippen LogP contribution in [-0.2, 0) is 0 Å². The number of rotatable bonds is 3. The van der Waals surface area contributed by atoms with Crippen LogP contribution < -0.4 is 0 Å². The van der Waals surface area contributed by atoms with Crippen molar-refractivity contribution in [2.75, 3.05) is 13.1 Å². The summed E-state index contributed by atoms with van der Waals surface area (Å²) in [5, 5.41) is 0. The van der Waals surface area contributed by atoms with E-state index < -0.39 is 0 Å². The average molecular weight is 265 g/mol. The first-order valence-electron chi connectivity index (χ1n) is 5.13. The van der Waals surface area contributed by atoms with Gasteiger partial charge in [0, 0.05) is 28.5 Å². The number of halogens is 1. The SMILES string of the molecule is Brc1ccccc1C=NCC1=NCCC1. The lowest BCUT2D eigenvalue weighted by atomic mass is 10.2. The molecule has 0 aliphatic carbocycles. The first kappa shape index (κ1) is 10.6. The van der Waals surface area contributed by atoms with Crippen molar-refractivity contribution < 1.29 is 0 Å². The van der Waals surface area contributed by atoms with Crippen LogP contribution >= 0.6 is 15.9 Å². The van der Waals surface area contributed by atoms with Gasteiger partial charge in [0.15, 0.2) is 0 Å². The zero-order chi connectivity index (χ0) is 10.5. The Kier molecular flexibility index (Phi) is 3.67. The number of hydrogen-bond donors (Lipinski definition) is 0. The molecule has 1 aliphatic heterocycles. The first-order valence-corrected chi connectivity index (χ1v) is 5.92. The number of hydrogen-bond acceptors (Lipinski definition) is 2. The molecule has 0 amide bonds. The summed E-state index contributed by atoms with van der Waals surface area (Å²) in [6, 6.07) is 8.08. The summed E-state index contributed by atoms with van der Waals surface area (Å²) in [4.78, 5) is 8.78. The van der Waals surface area contributed by atoms with E-state index in [1.165, 1.54) is 12.1 Å². The Bertz CT molecular complexity index is 396. The minimum Gasteiger partial charge on any atom is -0.292 e. The monoisotopic (exact) mass is 264 g/mol. The highest BCUT2D eigenvalue weighted by atomic mass is 79.9. The van der Waals surface area contributed by atoms with Gasteiger partial charge in [-0.05, 0) is 18.9 Å². The van der Waals surface area contributed by atoms with E-state index in [1.54, 1.807) is 0 Å². The van der Waals surface area contributed by atoms with E-state index in [0.717, 1.165) is 29.5 Å². The van der Waals surface area contributed by atoms with Crippen LogP contribution in [0.25, 0.3) is 0 Å². The molecule has 1 aromatic carbocycles. The Morgan fingerprint density at radius 3 is 3.00 bits per heavy atom. The van der Waals surface area contributed by atoms with E-state index in [4.69, 9.17) is 0 Å². The lowest BCUT2D eigenvalue weighted by Gasteiger charge is -1.96. The van der Waals surface area contributed by atoms with E-state index in [0.29, 0.717) is 0 Å². The molecule has 1 aromatic rings. The van der Waals surface area contributed by atoms with Crippen LogP contribution in [-0.4, -0.2) is 25.0 Å². The predicted octanol–water partition coefficient (Wildman–Crippen LogP) is 3.10. The summed E-state index contributed by atoms with van der Waals surface area (Å²) >= 11 is 3.49. The molecule has 2 rings (SSSR count). The molecule has 15 heavy (non-hydrogen) atoms. The van der Waals surface area contributed by atoms with E-state index in [1.807, 2.05) is 30.5 Å². The van der Waals surface area contributed by atoms with E-state index >= 15 is 0 Å². The molecule has 0 N–H and O–H groups in total. The molecule has 0 radical (unpaired) electrons. The van der Waals surface area contributed by atoms with Crippen LogP contribution in [0.1, 0.15) is 18.4 Å². The smallest absolute Gasteiger partial charge is 0.0768 e. The fourth-order valence-corrected chi connectivity index (χ4v) is 1.94. The second-order valence-corrected chi connectivity index (χ2v) is 4.40. The van der Waals surface area contributed by atoms with Gasteiger partial charge < -0.3 is 0 Å². The lowest BCUT2D eigenvalue weighted by molar-refractivity contribution is 0.949. The van der Waals surface area contributed by atoms with Crippen molar-refractivity contribution in [1.29, 1.82) is 0 Å². The van der Waals surface area contributed by atoms with Gasteiger partial charge in [0.1, 0.15) is 0 Å². The Morgan fingerprint density at radius 2 is 2.27 bits per heavy atom.